The third-order valence-electron chi connectivity index (χ3n) is 7.69. The van der Waals surface area contributed by atoms with Crippen LogP contribution < -0.4 is 15.9 Å². The summed E-state index contributed by atoms with van der Waals surface area (Å²) in [6, 6.07) is 13.7. The fraction of sp³-hybridized carbons (Fsp3) is 0.242. The van der Waals surface area contributed by atoms with Gasteiger partial charge in [-0.1, -0.05) is 12.1 Å². The Morgan fingerprint density at radius 1 is 0.957 bits per heavy atom. The van der Waals surface area contributed by atoms with Crippen LogP contribution in [0.1, 0.15) is 19.4 Å². The molecule has 11 nitrogen and oxygen atoms in total. The number of aryl methyl sites for hydroxylation is 1. The Morgan fingerprint density at radius 3 is 2.23 bits per heavy atom. The molecule has 4 heterocycles. The Bertz CT molecular complexity index is 2030. The fourth-order valence-electron chi connectivity index (χ4n) is 5.78. The molecule has 0 aliphatic carbocycles. The molecule has 14 heteroatoms. The van der Waals surface area contributed by atoms with Gasteiger partial charge in [0.25, 0.3) is 0 Å². The van der Waals surface area contributed by atoms with E-state index in [0.717, 1.165) is 17.2 Å². The van der Waals surface area contributed by atoms with Gasteiger partial charge in [0, 0.05) is 73.4 Å². The number of benzene rings is 2. The first-order chi connectivity index (χ1) is 22.2. The monoisotopic (exact) mass is 648 g/mol. The third-order valence-corrected chi connectivity index (χ3v) is 7.69. The molecule has 1 aliphatic rings. The van der Waals surface area contributed by atoms with E-state index >= 15 is 0 Å². The van der Waals surface area contributed by atoms with Crippen molar-refractivity contribution in [2.45, 2.75) is 32.1 Å². The zero-order valence-corrected chi connectivity index (χ0v) is 25.6. The van der Waals surface area contributed by atoms with E-state index in [-0.39, 0.29) is 23.5 Å². The van der Waals surface area contributed by atoms with E-state index in [9.17, 15) is 27.6 Å². The minimum absolute atomic E-state index is 0.0445. The normalized spacial score (nSPS) is 16.8. The third kappa shape index (κ3) is 7.02. The molecular weight excluding hydrogens is 617 g/mol. The number of carboxylic acid groups (broad SMARTS) is 2. The largest absolute Gasteiger partial charge is 0.478 e. The van der Waals surface area contributed by atoms with Gasteiger partial charge in [0.05, 0.1) is 34.0 Å². The standard InChI is InChI=1S/C29H27F3N6O.C4H4O4/c1-17-15-37(16-18(2)35-17)25-9-7-21(12-23(25)29(30,31)32)38-27-22-11-19(20-5-4-10-33-13-20)6-8-24(22)34-14-26(27)36(3)28(38)39;5-3(6)1-2-4(7)8/h4-14,17-18,35H,15-16H2,1-3H3;1-2H,(H,5,6)(H,7,8)/t17-,18+;. The molecule has 244 valence electrons. The first kappa shape index (κ1) is 32.9. The van der Waals surface area contributed by atoms with Crippen LogP contribution in [0.4, 0.5) is 18.9 Å². The Kier molecular flexibility index (Phi) is 9.15. The summed E-state index contributed by atoms with van der Waals surface area (Å²) < 4.78 is 46.1. The lowest BCUT2D eigenvalue weighted by molar-refractivity contribution is -0.137. The van der Waals surface area contributed by atoms with E-state index in [1.165, 1.54) is 15.2 Å². The molecule has 3 aromatic heterocycles. The molecule has 0 bridgehead atoms. The lowest BCUT2D eigenvalue weighted by Crippen LogP contribution is -2.54. The zero-order chi connectivity index (χ0) is 34.0. The molecule has 0 spiro atoms. The van der Waals surface area contributed by atoms with Gasteiger partial charge in [-0.05, 0) is 55.8 Å². The highest BCUT2D eigenvalue weighted by Gasteiger charge is 2.37. The number of carboxylic acids is 2. The van der Waals surface area contributed by atoms with Crippen molar-refractivity contribution in [2.75, 3.05) is 18.0 Å². The average molecular weight is 649 g/mol. The number of aromatic nitrogens is 4. The van der Waals surface area contributed by atoms with E-state index in [1.54, 1.807) is 36.6 Å². The summed E-state index contributed by atoms with van der Waals surface area (Å²) in [5, 5.41) is 19.6. The fourth-order valence-corrected chi connectivity index (χ4v) is 5.78. The second kappa shape index (κ2) is 13.1. The molecule has 2 aromatic carbocycles. The number of anilines is 1. The summed E-state index contributed by atoms with van der Waals surface area (Å²) in [4.78, 5) is 43.1. The lowest BCUT2D eigenvalue weighted by Gasteiger charge is -2.38. The number of imidazole rings is 1. The van der Waals surface area contributed by atoms with Crippen LogP contribution in [0.25, 0.3) is 38.8 Å². The highest BCUT2D eigenvalue weighted by atomic mass is 19.4. The van der Waals surface area contributed by atoms with Gasteiger partial charge in [-0.2, -0.15) is 13.2 Å². The van der Waals surface area contributed by atoms with Crippen LogP contribution in [0.3, 0.4) is 0 Å². The van der Waals surface area contributed by atoms with Gasteiger partial charge < -0.3 is 20.4 Å². The van der Waals surface area contributed by atoms with Crippen molar-refractivity contribution in [3.05, 3.63) is 95.3 Å². The molecule has 1 fully saturated rings. The Hall–Kier alpha value is -5.50. The number of pyridine rings is 2. The number of fused-ring (bicyclic) bond motifs is 3. The molecule has 0 unspecified atom stereocenters. The highest BCUT2D eigenvalue weighted by molar-refractivity contribution is 6.04. The zero-order valence-electron chi connectivity index (χ0n) is 25.6. The number of hydrogen-bond donors (Lipinski definition) is 3. The van der Waals surface area contributed by atoms with Gasteiger partial charge >= 0.3 is 23.8 Å². The van der Waals surface area contributed by atoms with Crippen molar-refractivity contribution >= 4 is 39.6 Å². The van der Waals surface area contributed by atoms with Crippen LogP contribution in [0.5, 0.6) is 0 Å². The molecule has 6 rings (SSSR count). The molecule has 0 amide bonds. The predicted octanol–water partition coefficient (Wildman–Crippen LogP) is 4.86. The first-order valence-electron chi connectivity index (χ1n) is 14.5. The summed E-state index contributed by atoms with van der Waals surface area (Å²) in [5.74, 6) is -2.51. The number of rotatable bonds is 5. The van der Waals surface area contributed by atoms with Gasteiger partial charge in [-0.25, -0.2) is 14.4 Å². The molecule has 3 N–H and O–H groups in total. The lowest BCUT2D eigenvalue weighted by atomic mass is 10.0. The van der Waals surface area contributed by atoms with Gasteiger partial charge in [0.2, 0.25) is 0 Å². The van der Waals surface area contributed by atoms with Crippen molar-refractivity contribution in [1.82, 2.24) is 24.4 Å². The molecule has 0 radical (unpaired) electrons. The van der Waals surface area contributed by atoms with Gasteiger partial charge in [0.15, 0.2) is 0 Å². The van der Waals surface area contributed by atoms with E-state index in [0.29, 0.717) is 47.2 Å². The number of carbonyl (C=O) groups is 2. The van der Waals surface area contributed by atoms with E-state index < -0.39 is 29.4 Å². The number of hydrogen-bond acceptors (Lipinski definition) is 7. The summed E-state index contributed by atoms with van der Waals surface area (Å²) in [6.07, 6.45) is 1.52. The van der Waals surface area contributed by atoms with Crippen LogP contribution in [0, 0.1) is 0 Å². The van der Waals surface area contributed by atoms with Crippen LogP contribution in [-0.2, 0) is 22.8 Å². The minimum atomic E-state index is -4.60. The van der Waals surface area contributed by atoms with Gasteiger partial charge in [-0.15, -0.1) is 0 Å². The first-order valence-corrected chi connectivity index (χ1v) is 14.5. The topological polar surface area (TPSA) is 143 Å². The Balaban J connectivity index is 0.000000483. The summed E-state index contributed by atoms with van der Waals surface area (Å²) in [6.45, 7) is 4.82. The number of alkyl halides is 3. The molecule has 2 atom stereocenters. The Labute approximate surface area is 266 Å². The maximum Gasteiger partial charge on any atom is 0.418 e. The highest BCUT2D eigenvalue weighted by Crippen LogP contribution is 2.39. The molecule has 0 saturated carbocycles. The number of nitrogens with one attached hydrogen (secondary N) is 1. The number of piperazine rings is 1. The minimum Gasteiger partial charge on any atom is -0.478 e. The Morgan fingerprint density at radius 2 is 1.64 bits per heavy atom. The quantitative estimate of drug-likeness (QED) is 0.228. The van der Waals surface area contributed by atoms with Gasteiger partial charge in [-0.3, -0.25) is 19.1 Å². The maximum absolute atomic E-state index is 14.5. The van der Waals surface area contributed by atoms with Crippen LogP contribution in [-0.4, -0.2) is 66.4 Å². The second-order valence-electron chi connectivity index (χ2n) is 11.2. The summed E-state index contributed by atoms with van der Waals surface area (Å²) in [5.41, 5.74) is 2.46. The molecule has 1 saturated heterocycles. The smallest absolute Gasteiger partial charge is 0.418 e. The van der Waals surface area contributed by atoms with Crippen molar-refractivity contribution in [3.8, 4) is 16.8 Å². The summed E-state index contributed by atoms with van der Waals surface area (Å²) >= 11 is 0. The molecule has 1 aliphatic heterocycles. The molecule has 5 aromatic rings. The second-order valence-corrected chi connectivity index (χ2v) is 11.2. The van der Waals surface area contributed by atoms with Crippen molar-refractivity contribution < 1.29 is 33.0 Å². The number of nitrogens with zero attached hydrogens (tertiary/aromatic N) is 5. The molecule has 47 heavy (non-hydrogen) atoms. The van der Waals surface area contributed by atoms with Crippen LogP contribution >= 0.6 is 0 Å². The molecular formula is C33H31F3N6O5. The SMILES string of the molecule is C[C@@H]1CN(c2ccc(-n3c(=O)n(C)c4cnc5ccc(-c6cccnc6)cc5c43)cc2C(F)(F)F)C[C@H](C)N1.O=C(O)C=CC(=O)O. The van der Waals surface area contributed by atoms with Crippen molar-refractivity contribution in [1.29, 1.82) is 0 Å². The number of aliphatic carboxylic acids is 2. The predicted molar refractivity (Wildman–Crippen MR) is 171 cm³/mol. The van der Waals surface area contributed by atoms with Gasteiger partial charge in [0.1, 0.15) is 0 Å². The van der Waals surface area contributed by atoms with E-state index in [1.807, 2.05) is 44.2 Å². The average Bonchev–Trinajstić information content (AvgIpc) is 3.29. The van der Waals surface area contributed by atoms with E-state index in [2.05, 4.69) is 15.3 Å². The van der Waals surface area contributed by atoms with Crippen molar-refractivity contribution in [2.24, 2.45) is 7.05 Å². The summed E-state index contributed by atoms with van der Waals surface area (Å²) in [7, 11) is 1.60. The van der Waals surface area contributed by atoms with Crippen molar-refractivity contribution in [3.63, 3.8) is 0 Å². The van der Waals surface area contributed by atoms with Crippen LogP contribution in [0.2, 0.25) is 0 Å². The maximum atomic E-state index is 14.5. The van der Waals surface area contributed by atoms with E-state index in [4.69, 9.17) is 10.2 Å². The van der Waals surface area contributed by atoms with Crippen LogP contribution in [0.15, 0.2) is 84.1 Å². The number of halogens is 3.